The Labute approximate surface area is 126 Å². The second kappa shape index (κ2) is 7.73. The molecule has 0 radical (unpaired) electrons. The highest BCUT2D eigenvalue weighted by Crippen LogP contribution is 2.31. The number of hydrogen-bond acceptors (Lipinski definition) is 2. The molecule has 0 rings (SSSR count). The fraction of sp³-hybridized carbons (Fsp3) is 0.882. The average molecular weight is 286 g/mol. The molecule has 114 valence electrons. The van der Waals surface area contributed by atoms with Gasteiger partial charge in [0.1, 0.15) is 0 Å². The van der Waals surface area contributed by atoms with Gasteiger partial charge in [0.25, 0.3) is 0 Å². The van der Waals surface area contributed by atoms with E-state index >= 15 is 0 Å². The molecule has 2 heteroatoms. The van der Waals surface area contributed by atoms with Crippen LogP contribution in [0.2, 0.25) is 0 Å². The standard InChI is InChI=1S/C17H35NS/c1-10-15(11-12-16(5,6)13(2)3)18-14(4)17(7,8)19-9/h14-15,18H,2,10-12H2,1,3-9H3. The first-order chi connectivity index (χ1) is 8.56. The van der Waals surface area contributed by atoms with Gasteiger partial charge in [-0.15, -0.1) is 0 Å². The summed E-state index contributed by atoms with van der Waals surface area (Å²) in [6.07, 6.45) is 5.83. The molecule has 0 aliphatic carbocycles. The molecule has 2 unspecified atom stereocenters. The molecule has 0 aromatic carbocycles. The van der Waals surface area contributed by atoms with Crippen molar-refractivity contribution in [3.05, 3.63) is 12.2 Å². The first kappa shape index (κ1) is 19.1. The highest BCUT2D eigenvalue weighted by molar-refractivity contribution is 8.00. The van der Waals surface area contributed by atoms with Gasteiger partial charge in [-0.3, -0.25) is 0 Å². The van der Waals surface area contributed by atoms with Crippen LogP contribution in [-0.4, -0.2) is 23.1 Å². The number of rotatable bonds is 9. The summed E-state index contributed by atoms with van der Waals surface area (Å²) >= 11 is 1.94. The summed E-state index contributed by atoms with van der Waals surface area (Å²) in [5.74, 6) is 0. The third-order valence-electron chi connectivity index (χ3n) is 4.82. The van der Waals surface area contributed by atoms with E-state index in [1.54, 1.807) is 0 Å². The van der Waals surface area contributed by atoms with Crippen LogP contribution < -0.4 is 5.32 Å². The van der Waals surface area contributed by atoms with Gasteiger partial charge in [-0.05, 0) is 58.6 Å². The minimum atomic E-state index is 0.257. The van der Waals surface area contributed by atoms with Crippen molar-refractivity contribution < 1.29 is 0 Å². The molecule has 0 saturated heterocycles. The summed E-state index contributed by atoms with van der Waals surface area (Å²) < 4.78 is 0.289. The van der Waals surface area contributed by atoms with E-state index in [4.69, 9.17) is 0 Å². The second-order valence-corrected chi connectivity index (χ2v) is 8.46. The Morgan fingerprint density at radius 3 is 2.16 bits per heavy atom. The Bertz CT molecular complexity index is 281. The summed E-state index contributed by atoms with van der Waals surface area (Å²) in [5.41, 5.74) is 1.55. The van der Waals surface area contributed by atoms with E-state index < -0.39 is 0 Å². The third-order valence-corrected chi connectivity index (χ3v) is 6.23. The Kier molecular flexibility index (Phi) is 7.75. The number of allylic oxidation sites excluding steroid dienone is 1. The summed E-state index contributed by atoms with van der Waals surface area (Å²) in [4.78, 5) is 0. The molecule has 0 fully saturated rings. The van der Waals surface area contributed by atoms with Crippen LogP contribution in [0.1, 0.15) is 67.7 Å². The van der Waals surface area contributed by atoms with Crippen LogP contribution in [-0.2, 0) is 0 Å². The molecule has 0 saturated carbocycles. The van der Waals surface area contributed by atoms with Crippen LogP contribution in [0.4, 0.5) is 0 Å². The smallest absolute Gasteiger partial charge is 0.0251 e. The predicted octanol–water partition coefficient (Wildman–Crippen LogP) is 5.27. The second-order valence-electron chi connectivity index (χ2n) is 7.00. The van der Waals surface area contributed by atoms with Gasteiger partial charge in [-0.2, -0.15) is 11.8 Å². The molecule has 0 amide bonds. The van der Waals surface area contributed by atoms with Crippen LogP contribution >= 0.6 is 11.8 Å². The molecular weight excluding hydrogens is 250 g/mol. The van der Waals surface area contributed by atoms with Crippen LogP contribution in [0.15, 0.2) is 12.2 Å². The lowest BCUT2D eigenvalue weighted by atomic mass is 9.80. The quantitative estimate of drug-likeness (QED) is 0.579. The topological polar surface area (TPSA) is 12.0 Å². The van der Waals surface area contributed by atoms with Crippen molar-refractivity contribution in [2.75, 3.05) is 6.26 Å². The summed E-state index contributed by atoms with van der Waals surface area (Å²) in [6, 6.07) is 1.14. The van der Waals surface area contributed by atoms with E-state index in [9.17, 15) is 0 Å². The molecule has 0 aliphatic rings. The zero-order valence-electron chi connectivity index (χ0n) is 14.4. The molecule has 0 bridgehead atoms. The Hall–Kier alpha value is 0.0500. The molecule has 0 aromatic heterocycles. The van der Waals surface area contributed by atoms with Crippen molar-refractivity contribution in [3.8, 4) is 0 Å². The minimum absolute atomic E-state index is 0.257. The number of thioether (sulfide) groups is 1. The van der Waals surface area contributed by atoms with Gasteiger partial charge in [0, 0.05) is 16.8 Å². The van der Waals surface area contributed by atoms with E-state index in [0.29, 0.717) is 12.1 Å². The molecule has 0 spiro atoms. The van der Waals surface area contributed by atoms with Crippen molar-refractivity contribution in [2.24, 2.45) is 5.41 Å². The Balaban J connectivity index is 4.42. The Morgan fingerprint density at radius 1 is 1.26 bits per heavy atom. The SMILES string of the molecule is C=C(C)C(C)(C)CCC(CC)NC(C)C(C)(C)SC. The van der Waals surface area contributed by atoms with E-state index in [-0.39, 0.29) is 10.2 Å². The van der Waals surface area contributed by atoms with Crippen molar-refractivity contribution in [3.63, 3.8) is 0 Å². The van der Waals surface area contributed by atoms with Gasteiger partial charge >= 0.3 is 0 Å². The highest BCUT2D eigenvalue weighted by atomic mass is 32.2. The minimum Gasteiger partial charge on any atom is -0.310 e. The first-order valence-corrected chi connectivity index (χ1v) is 8.76. The van der Waals surface area contributed by atoms with Crippen LogP contribution in [0, 0.1) is 5.41 Å². The molecule has 2 atom stereocenters. The lowest BCUT2D eigenvalue weighted by Crippen LogP contribution is -2.47. The average Bonchev–Trinajstić information content (AvgIpc) is 2.33. The molecule has 0 aliphatic heterocycles. The number of hydrogen-bond donors (Lipinski definition) is 1. The largest absolute Gasteiger partial charge is 0.310 e. The first-order valence-electron chi connectivity index (χ1n) is 7.54. The molecule has 1 N–H and O–H groups in total. The van der Waals surface area contributed by atoms with E-state index in [1.807, 2.05) is 11.8 Å². The van der Waals surface area contributed by atoms with Crippen molar-refractivity contribution in [2.45, 2.75) is 84.6 Å². The molecule has 19 heavy (non-hydrogen) atoms. The number of nitrogens with one attached hydrogen (secondary N) is 1. The zero-order valence-corrected chi connectivity index (χ0v) is 15.2. The lowest BCUT2D eigenvalue weighted by molar-refractivity contribution is 0.317. The van der Waals surface area contributed by atoms with Gasteiger partial charge in [0.15, 0.2) is 0 Å². The van der Waals surface area contributed by atoms with Gasteiger partial charge in [0.05, 0.1) is 0 Å². The lowest BCUT2D eigenvalue weighted by Gasteiger charge is -2.35. The summed E-state index contributed by atoms with van der Waals surface area (Å²) in [5, 5.41) is 3.82. The van der Waals surface area contributed by atoms with E-state index in [0.717, 1.165) is 0 Å². The molecule has 0 heterocycles. The molecule has 1 nitrogen and oxygen atoms in total. The fourth-order valence-corrected chi connectivity index (χ4v) is 2.31. The summed E-state index contributed by atoms with van der Waals surface area (Å²) in [7, 11) is 0. The van der Waals surface area contributed by atoms with E-state index in [1.165, 1.54) is 24.8 Å². The maximum atomic E-state index is 4.12. The zero-order chi connectivity index (χ0) is 15.3. The Morgan fingerprint density at radius 2 is 1.79 bits per heavy atom. The fourth-order valence-electron chi connectivity index (χ4n) is 1.88. The molecule has 0 aromatic rings. The van der Waals surface area contributed by atoms with Gasteiger partial charge < -0.3 is 5.32 Å². The van der Waals surface area contributed by atoms with Crippen LogP contribution in [0.25, 0.3) is 0 Å². The highest BCUT2D eigenvalue weighted by Gasteiger charge is 2.27. The van der Waals surface area contributed by atoms with Gasteiger partial charge in [0.2, 0.25) is 0 Å². The van der Waals surface area contributed by atoms with Crippen molar-refractivity contribution >= 4 is 11.8 Å². The predicted molar refractivity (Wildman–Crippen MR) is 92.1 cm³/mol. The van der Waals surface area contributed by atoms with E-state index in [2.05, 4.69) is 66.6 Å². The molecular formula is C17H35NS. The van der Waals surface area contributed by atoms with Crippen molar-refractivity contribution in [1.29, 1.82) is 0 Å². The third kappa shape index (κ3) is 6.35. The maximum absolute atomic E-state index is 4.12. The summed E-state index contributed by atoms with van der Waals surface area (Å²) in [6.45, 7) is 20.1. The van der Waals surface area contributed by atoms with Crippen molar-refractivity contribution in [1.82, 2.24) is 5.32 Å². The van der Waals surface area contributed by atoms with Crippen LogP contribution in [0.3, 0.4) is 0 Å². The normalized spacial score (nSPS) is 16.2. The van der Waals surface area contributed by atoms with Crippen LogP contribution in [0.5, 0.6) is 0 Å². The monoisotopic (exact) mass is 285 g/mol. The maximum Gasteiger partial charge on any atom is 0.0251 e. The van der Waals surface area contributed by atoms with Gasteiger partial charge in [-0.25, -0.2) is 0 Å². The van der Waals surface area contributed by atoms with Gasteiger partial charge in [-0.1, -0.05) is 32.9 Å².